The first-order valence-electron chi connectivity index (χ1n) is 5.57. The van der Waals surface area contributed by atoms with E-state index < -0.39 is 11.9 Å². The Bertz CT molecular complexity index is 654. The number of aromatic nitrogens is 2. The second-order valence-corrected chi connectivity index (χ2v) is 4.21. The van der Waals surface area contributed by atoms with Gasteiger partial charge in [0.1, 0.15) is 11.5 Å². The van der Waals surface area contributed by atoms with Crippen molar-refractivity contribution in [2.75, 3.05) is 5.32 Å². The number of anilines is 1. The molecule has 2 aromatic heterocycles. The molecule has 0 fully saturated rings. The largest absolute Gasteiger partial charge is 0.477 e. The number of aromatic amines is 1. The van der Waals surface area contributed by atoms with Gasteiger partial charge in [-0.1, -0.05) is 5.16 Å². The van der Waals surface area contributed by atoms with Crippen LogP contribution >= 0.6 is 0 Å². The average molecular weight is 263 g/mol. The lowest BCUT2D eigenvalue weighted by Gasteiger charge is -2.02. The number of amides is 1. The number of carbonyl (C=O) groups excluding carboxylic acids is 1. The van der Waals surface area contributed by atoms with E-state index in [1.165, 1.54) is 0 Å². The van der Waals surface area contributed by atoms with Crippen LogP contribution in [0.5, 0.6) is 0 Å². The minimum absolute atomic E-state index is 0.0129. The van der Waals surface area contributed by atoms with Crippen LogP contribution in [0.25, 0.3) is 0 Å². The zero-order valence-corrected chi connectivity index (χ0v) is 10.7. The lowest BCUT2D eigenvalue weighted by molar-refractivity contribution is 0.0690. The summed E-state index contributed by atoms with van der Waals surface area (Å²) in [5.74, 6) is -0.660. The monoisotopic (exact) mass is 263 g/mol. The third-order valence-electron chi connectivity index (χ3n) is 2.75. The third-order valence-corrected chi connectivity index (χ3v) is 2.75. The van der Waals surface area contributed by atoms with E-state index in [4.69, 9.17) is 9.63 Å². The van der Waals surface area contributed by atoms with E-state index in [9.17, 15) is 9.59 Å². The average Bonchev–Trinajstić information content (AvgIpc) is 2.83. The molecule has 3 N–H and O–H groups in total. The SMILES string of the molecule is Cc1cc(NC(=O)c2c(C)[nH]c(C(=O)O)c2C)no1. The van der Waals surface area contributed by atoms with E-state index in [-0.39, 0.29) is 5.69 Å². The summed E-state index contributed by atoms with van der Waals surface area (Å²) in [7, 11) is 0. The summed E-state index contributed by atoms with van der Waals surface area (Å²) >= 11 is 0. The number of aryl methyl sites for hydroxylation is 2. The number of nitrogens with one attached hydrogen (secondary N) is 2. The Morgan fingerprint density at radius 3 is 2.53 bits per heavy atom. The quantitative estimate of drug-likeness (QED) is 0.783. The van der Waals surface area contributed by atoms with E-state index >= 15 is 0 Å². The third kappa shape index (κ3) is 2.35. The number of aromatic carboxylic acids is 1. The van der Waals surface area contributed by atoms with Gasteiger partial charge in [0, 0.05) is 11.8 Å². The molecule has 100 valence electrons. The van der Waals surface area contributed by atoms with Gasteiger partial charge in [-0.15, -0.1) is 0 Å². The van der Waals surface area contributed by atoms with E-state index in [0.717, 1.165) is 0 Å². The molecule has 7 nitrogen and oxygen atoms in total. The van der Waals surface area contributed by atoms with Crippen LogP contribution in [0.1, 0.15) is 37.9 Å². The first-order valence-corrected chi connectivity index (χ1v) is 5.57. The van der Waals surface area contributed by atoms with Crippen molar-refractivity contribution >= 4 is 17.7 Å². The number of H-pyrrole nitrogens is 1. The molecular formula is C12H13N3O4. The van der Waals surface area contributed by atoms with Gasteiger partial charge in [-0.25, -0.2) is 4.79 Å². The van der Waals surface area contributed by atoms with Crippen LogP contribution in [-0.4, -0.2) is 27.1 Å². The maximum atomic E-state index is 12.1. The van der Waals surface area contributed by atoms with Crippen LogP contribution in [0.3, 0.4) is 0 Å². The van der Waals surface area contributed by atoms with Gasteiger partial charge in [-0.3, -0.25) is 4.79 Å². The van der Waals surface area contributed by atoms with Crippen LogP contribution in [0, 0.1) is 20.8 Å². The fourth-order valence-corrected chi connectivity index (χ4v) is 1.91. The molecule has 0 saturated heterocycles. The molecule has 0 aromatic carbocycles. The van der Waals surface area contributed by atoms with E-state index in [1.807, 2.05) is 0 Å². The van der Waals surface area contributed by atoms with Gasteiger partial charge in [-0.2, -0.15) is 0 Å². The standard InChI is InChI=1S/C12H13N3O4/c1-5-4-8(15-19-5)14-11(16)9-6(2)10(12(17)18)13-7(9)3/h4,13H,1-3H3,(H,17,18)(H,14,15,16). The van der Waals surface area contributed by atoms with Gasteiger partial charge < -0.3 is 19.9 Å². The van der Waals surface area contributed by atoms with Gasteiger partial charge in [0.05, 0.1) is 5.56 Å². The molecule has 0 aliphatic heterocycles. The number of carboxylic acid groups (broad SMARTS) is 1. The molecule has 0 atom stereocenters. The lowest BCUT2D eigenvalue weighted by atomic mass is 10.1. The summed E-state index contributed by atoms with van der Waals surface area (Å²) in [6.07, 6.45) is 0. The number of carbonyl (C=O) groups is 2. The van der Waals surface area contributed by atoms with Gasteiger partial charge in [0.25, 0.3) is 5.91 Å². The minimum Gasteiger partial charge on any atom is -0.477 e. The number of nitrogens with zero attached hydrogens (tertiary/aromatic N) is 1. The molecular weight excluding hydrogens is 250 g/mol. The number of hydrogen-bond donors (Lipinski definition) is 3. The molecule has 0 radical (unpaired) electrons. The van der Waals surface area contributed by atoms with Crippen molar-refractivity contribution < 1.29 is 19.2 Å². The van der Waals surface area contributed by atoms with Crippen molar-refractivity contribution in [3.63, 3.8) is 0 Å². The molecule has 0 spiro atoms. The molecule has 2 rings (SSSR count). The molecule has 0 aliphatic rings. The first kappa shape index (κ1) is 12.9. The maximum Gasteiger partial charge on any atom is 0.352 e. The fraction of sp³-hybridized carbons (Fsp3) is 0.250. The van der Waals surface area contributed by atoms with E-state index in [1.54, 1.807) is 26.8 Å². The van der Waals surface area contributed by atoms with E-state index in [0.29, 0.717) is 28.4 Å². The summed E-state index contributed by atoms with van der Waals surface area (Å²) < 4.78 is 4.84. The highest BCUT2D eigenvalue weighted by Gasteiger charge is 2.22. The smallest absolute Gasteiger partial charge is 0.352 e. The van der Waals surface area contributed by atoms with Crippen molar-refractivity contribution in [2.45, 2.75) is 20.8 Å². The topological polar surface area (TPSA) is 108 Å². The zero-order valence-electron chi connectivity index (χ0n) is 10.7. The number of hydrogen-bond acceptors (Lipinski definition) is 4. The van der Waals surface area contributed by atoms with Gasteiger partial charge in [0.15, 0.2) is 5.82 Å². The molecule has 2 aromatic rings. The van der Waals surface area contributed by atoms with Crippen LogP contribution < -0.4 is 5.32 Å². The predicted molar refractivity (Wildman–Crippen MR) is 66.4 cm³/mol. The molecule has 0 aliphatic carbocycles. The molecule has 7 heteroatoms. The molecule has 19 heavy (non-hydrogen) atoms. The number of carboxylic acids is 1. The Morgan fingerprint density at radius 2 is 2.05 bits per heavy atom. The van der Waals surface area contributed by atoms with Crippen LogP contribution in [0.4, 0.5) is 5.82 Å². The second kappa shape index (κ2) is 4.60. The normalized spacial score (nSPS) is 10.5. The van der Waals surface area contributed by atoms with Crippen molar-refractivity contribution in [3.8, 4) is 0 Å². The Morgan fingerprint density at radius 1 is 1.37 bits per heavy atom. The van der Waals surface area contributed by atoms with Crippen LogP contribution in [-0.2, 0) is 0 Å². The first-order chi connectivity index (χ1) is 8.90. The summed E-state index contributed by atoms with van der Waals surface area (Å²) in [6, 6.07) is 1.58. The van der Waals surface area contributed by atoms with Gasteiger partial charge in [0.2, 0.25) is 0 Å². The minimum atomic E-state index is -1.10. The highest BCUT2D eigenvalue weighted by Crippen LogP contribution is 2.19. The molecule has 2 heterocycles. The molecule has 0 bridgehead atoms. The van der Waals surface area contributed by atoms with Gasteiger partial charge in [-0.05, 0) is 26.3 Å². The molecule has 0 saturated carbocycles. The van der Waals surface area contributed by atoms with Crippen molar-refractivity contribution in [1.29, 1.82) is 0 Å². The highest BCUT2D eigenvalue weighted by molar-refractivity contribution is 6.07. The lowest BCUT2D eigenvalue weighted by Crippen LogP contribution is -2.14. The van der Waals surface area contributed by atoms with Crippen LogP contribution in [0.15, 0.2) is 10.6 Å². The Balaban J connectivity index is 2.31. The second-order valence-electron chi connectivity index (χ2n) is 4.21. The number of rotatable bonds is 3. The Labute approximate surface area is 108 Å². The summed E-state index contributed by atoms with van der Waals surface area (Å²) in [4.78, 5) is 25.8. The Kier molecular flexibility index (Phi) is 3.12. The molecule has 1 amide bonds. The summed E-state index contributed by atoms with van der Waals surface area (Å²) in [6.45, 7) is 4.93. The van der Waals surface area contributed by atoms with Gasteiger partial charge >= 0.3 is 5.97 Å². The Hall–Kier alpha value is -2.57. The maximum absolute atomic E-state index is 12.1. The molecule has 0 unspecified atom stereocenters. The van der Waals surface area contributed by atoms with Crippen molar-refractivity contribution in [1.82, 2.24) is 10.1 Å². The fourth-order valence-electron chi connectivity index (χ4n) is 1.91. The van der Waals surface area contributed by atoms with Crippen molar-refractivity contribution in [3.05, 3.63) is 34.3 Å². The predicted octanol–water partition coefficient (Wildman–Crippen LogP) is 1.88. The summed E-state index contributed by atoms with van der Waals surface area (Å²) in [5, 5.41) is 15.2. The summed E-state index contributed by atoms with van der Waals surface area (Å²) in [5.41, 5.74) is 1.20. The van der Waals surface area contributed by atoms with Crippen LogP contribution in [0.2, 0.25) is 0 Å². The zero-order chi connectivity index (χ0) is 14.2. The van der Waals surface area contributed by atoms with Crippen molar-refractivity contribution in [2.24, 2.45) is 0 Å². The van der Waals surface area contributed by atoms with E-state index in [2.05, 4.69) is 15.5 Å². The highest BCUT2D eigenvalue weighted by atomic mass is 16.5.